The lowest BCUT2D eigenvalue weighted by atomic mass is 10.0. The van der Waals surface area contributed by atoms with Gasteiger partial charge in [-0.25, -0.2) is 0 Å². The van der Waals surface area contributed by atoms with E-state index in [1.54, 1.807) is 0 Å². The molecular weight excluding hydrogens is 266 g/mol. The lowest BCUT2D eigenvalue weighted by molar-refractivity contribution is 0.821. The zero-order valence-corrected chi connectivity index (χ0v) is 12.7. The molecule has 3 aromatic rings. The Balaban J connectivity index is 1.57. The minimum atomic E-state index is 0.852. The molecule has 0 bridgehead atoms. The number of hydrogen-bond acceptors (Lipinski definition) is 1. The molecule has 22 heavy (non-hydrogen) atoms. The minimum Gasteiger partial charge on any atom is -0.399 e. The molecule has 1 nitrogen and oxygen atoms in total. The van der Waals surface area contributed by atoms with Crippen molar-refractivity contribution in [1.82, 2.24) is 0 Å². The predicted octanol–water partition coefficient (Wildman–Crippen LogP) is 5.11. The van der Waals surface area contributed by atoms with Crippen LogP contribution in [0.5, 0.6) is 0 Å². The molecule has 0 fully saturated rings. The van der Waals surface area contributed by atoms with Gasteiger partial charge in [0, 0.05) is 5.69 Å². The van der Waals surface area contributed by atoms with Crippen LogP contribution in [0.1, 0.15) is 17.5 Å². The quantitative estimate of drug-likeness (QED) is 0.648. The van der Waals surface area contributed by atoms with Crippen molar-refractivity contribution in [3.63, 3.8) is 0 Å². The molecule has 0 unspecified atom stereocenters. The maximum Gasteiger partial charge on any atom is 0.0316 e. The maximum absolute atomic E-state index is 5.81. The summed E-state index contributed by atoms with van der Waals surface area (Å²) in [6, 6.07) is 27.6. The normalized spacial score (nSPS) is 10.5. The van der Waals surface area contributed by atoms with E-state index in [9.17, 15) is 0 Å². The van der Waals surface area contributed by atoms with E-state index in [1.165, 1.54) is 22.3 Å². The topological polar surface area (TPSA) is 26.0 Å². The molecule has 0 aliphatic heterocycles. The number of benzene rings is 3. The van der Waals surface area contributed by atoms with E-state index in [0.717, 1.165) is 24.9 Å². The second kappa shape index (κ2) is 6.95. The molecule has 0 saturated heterocycles. The standard InChI is InChI=1S/C21H21N/c22-21-11-5-8-18(16-21)7-4-6-17-12-14-20(15-13-17)19-9-2-1-3-10-19/h1-3,5,8-16H,4,6-7,22H2. The van der Waals surface area contributed by atoms with Gasteiger partial charge in [0.2, 0.25) is 0 Å². The van der Waals surface area contributed by atoms with Gasteiger partial charge in [-0.3, -0.25) is 0 Å². The van der Waals surface area contributed by atoms with Gasteiger partial charge in [0.15, 0.2) is 0 Å². The van der Waals surface area contributed by atoms with E-state index >= 15 is 0 Å². The highest BCUT2D eigenvalue weighted by molar-refractivity contribution is 5.63. The first-order valence-electron chi connectivity index (χ1n) is 7.80. The average molecular weight is 287 g/mol. The fourth-order valence-electron chi connectivity index (χ4n) is 2.74. The summed E-state index contributed by atoms with van der Waals surface area (Å²) in [7, 11) is 0. The third-order valence-electron chi connectivity index (χ3n) is 3.94. The number of nitrogen functional groups attached to an aromatic ring is 1. The number of anilines is 1. The predicted molar refractivity (Wildman–Crippen MR) is 94.8 cm³/mol. The van der Waals surface area contributed by atoms with Crippen LogP contribution in [0.4, 0.5) is 5.69 Å². The highest BCUT2D eigenvalue weighted by Gasteiger charge is 1.99. The molecule has 3 aromatic carbocycles. The van der Waals surface area contributed by atoms with E-state index in [0.29, 0.717) is 0 Å². The zero-order valence-electron chi connectivity index (χ0n) is 12.7. The minimum absolute atomic E-state index is 0.852. The maximum atomic E-state index is 5.81. The van der Waals surface area contributed by atoms with Crippen LogP contribution in [0.3, 0.4) is 0 Å². The lowest BCUT2D eigenvalue weighted by Gasteiger charge is -2.05. The number of aryl methyl sites for hydroxylation is 2. The average Bonchev–Trinajstić information content (AvgIpc) is 2.56. The third kappa shape index (κ3) is 3.76. The Labute approximate surface area is 132 Å². The van der Waals surface area contributed by atoms with Gasteiger partial charge >= 0.3 is 0 Å². The Kier molecular flexibility index (Phi) is 4.55. The molecule has 1 heteroatoms. The van der Waals surface area contributed by atoms with Crippen LogP contribution in [-0.4, -0.2) is 0 Å². The Morgan fingerprint density at radius 1 is 0.591 bits per heavy atom. The van der Waals surface area contributed by atoms with Gasteiger partial charge in [-0.2, -0.15) is 0 Å². The van der Waals surface area contributed by atoms with E-state index in [1.807, 2.05) is 18.2 Å². The summed E-state index contributed by atoms with van der Waals surface area (Å²) in [6.07, 6.45) is 3.32. The van der Waals surface area contributed by atoms with Gasteiger partial charge in [-0.05, 0) is 53.6 Å². The molecule has 110 valence electrons. The molecule has 0 amide bonds. The summed E-state index contributed by atoms with van der Waals surface area (Å²) >= 11 is 0. The Hall–Kier alpha value is -2.54. The van der Waals surface area contributed by atoms with E-state index in [4.69, 9.17) is 5.73 Å². The van der Waals surface area contributed by atoms with Crippen LogP contribution in [0.25, 0.3) is 11.1 Å². The zero-order chi connectivity index (χ0) is 15.2. The second-order valence-corrected chi connectivity index (χ2v) is 5.66. The molecule has 3 rings (SSSR count). The van der Waals surface area contributed by atoms with Crippen LogP contribution in [0.15, 0.2) is 78.9 Å². The van der Waals surface area contributed by atoms with Crippen molar-refractivity contribution < 1.29 is 0 Å². The Bertz CT molecular complexity index is 714. The fraction of sp³-hybridized carbons (Fsp3) is 0.143. The first-order chi connectivity index (χ1) is 10.8. The number of rotatable bonds is 5. The van der Waals surface area contributed by atoms with Crippen molar-refractivity contribution in [3.8, 4) is 11.1 Å². The van der Waals surface area contributed by atoms with Gasteiger partial charge in [0.1, 0.15) is 0 Å². The first kappa shape index (κ1) is 14.4. The third-order valence-corrected chi connectivity index (χ3v) is 3.94. The van der Waals surface area contributed by atoms with Crippen LogP contribution in [-0.2, 0) is 12.8 Å². The molecule has 0 spiro atoms. The van der Waals surface area contributed by atoms with Crippen LogP contribution in [0, 0.1) is 0 Å². The van der Waals surface area contributed by atoms with Crippen molar-refractivity contribution in [1.29, 1.82) is 0 Å². The summed E-state index contributed by atoms with van der Waals surface area (Å²) in [5, 5.41) is 0. The Morgan fingerprint density at radius 2 is 1.27 bits per heavy atom. The van der Waals surface area contributed by atoms with E-state index in [2.05, 4.69) is 60.7 Å². The smallest absolute Gasteiger partial charge is 0.0316 e. The van der Waals surface area contributed by atoms with E-state index in [-0.39, 0.29) is 0 Å². The number of nitrogens with two attached hydrogens (primary N) is 1. The summed E-state index contributed by atoms with van der Waals surface area (Å²) < 4.78 is 0. The molecule has 2 N–H and O–H groups in total. The lowest BCUT2D eigenvalue weighted by Crippen LogP contribution is -1.92. The van der Waals surface area contributed by atoms with Crippen molar-refractivity contribution in [2.45, 2.75) is 19.3 Å². The molecule has 0 heterocycles. The van der Waals surface area contributed by atoms with Gasteiger partial charge < -0.3 is 5.73 Å². The monoisotopic (exact) mass is 287 g/mol. The highest BCUT2D eigenvalue weighted by Crippen LogP contribution is 2.20. The molecule has 0 atom stereocenters. The molecule has 0 aromatic heterocycles. The highest BCUT2D eigenvalue weighted by atomic mass is 14.5. The van der Waals surface area contributed by atoms with Gasteiger partial charge in [0.05, 0.1) is 0 Å². The summed E-state index contributed by atoms with van der Waals surface area (Å²) in [5.41, 5.74) is 11.9. The Morgan fingerprint density at radius 3 is 2.00 bits per heavy atom. The second-order valence-electron chi connectivity index (χ2n) is 5.66. The van der Waals surface area contributed by atoms with Gasteiger partial charge in [-0.1, -0.05) is 66.7 Å². The first-order valence-corrected chi connectivity index (χ1v) is 7.80. The van der Waals surface area contributed by atoms with Gasteiger partial charge in [0.25, 0.3) is 0 Å². The summed E-state index contributed by atoms with van der Waals surface area (Å²) in [6.45, 7) is 0. The number of hydrogen-bond donors (Lipinski definition) is 1. The van der Waals surface area contributed by atoms with Crippen molar-refractivity contribution in [2.24, 2.45) is 0 Å². The molecular formula is C21H21N. The fourth-order valence-corrected chi connectivity index (χ4v) is 2.74. The summed E-state index contributed by atoms with van der Waals surface area (Å²) in [4.78, 5) is 0. The summed E-state index contributed by atoms with van der Waals surface area (Å²) in [5.74, 6) is 0. The van der Waals surface area contributed by atoms with Crippen LogP contribution >= 0.6 is 0 Å². The molecule has 0 aliphatic carbocycles. The largest absolute Gasteiger partial charge is 0.399 e. The van der Waals surface area contributed by atoms with Crippen LogP contribution < -0.4 is 5.73 Å². The molecule has 0 aliphatic rings. The molecule has 0 radical (unpaired) electrons. The van der Waals surface area contributed by atoms with E-state index < -0.39 is 0 Å². The van der Waals surface area contributed by atoms with Gasteiger partial charge in [-0.15, -0.1) is 0 Å². The van der Waals surface area contributed by atoms with Crippen molar-refractivity contribution in [3.05, 3.63) is 90.0 Å². The van der Waals surface area contributed by atoms with Crippen molar-refractivity contribution >= 4 is 5.69 Å². The van der Waals surface area contributed by atoms with Crippen molar-refractivity contribution in [2.75, 3.05) is 5.73 Å². The van der Waals surface area contributed by atoms with Crippen LogP contribution in [0.2, 0.25) is 0 Å². The molecule has 0 saturated carbocycles. The SMILES string of the molecule is Nc1cccc(CCCc2ccc(-c3ccccc3)cc2)c1.